The molecule has 0 radical (unpaired) electrons. The van der Waals surface area contributed by atoms with Gasteiger partial charge in [0.25, 0.3) is 6.01 Å². The molecule has 0 aromatic carbocycles. The number of esters is 1. The summed E-state index contributed by atoms with van der Waals surface area (Å²) in [4.78, 5) is 25.7. The van der Waals surface area contributed by atoms with Gasteiger partial charge in [0.15, 0.2) is 5.69 Å². The summed E-state index contributed by atoms with van der Waals surface area (Å²) in [5.74, 6) is -1.34. The third-order valence-electron chi connectivity index (χ3n) is 2.39. The number of ether oxygens (including phenoxy) is 1. The zero-order chi connectivity index (χ0) is 14.3. The van der Waals surface area contributed by atoms with Gasteiger partial charge >= 0.3 is 11.9 Å². The third-order valence-corrected chi connectivity index (χ3v) is 2.39. The van der Waals surface area contributed by atoms with E-state index >= 15 is 0 Å². The van der Waals surface area contributed by atoms with Gasteiger partial charge in [-0.25, -0.2) is 4.79 Å². The molecule has 2 N–H and O–H groups in total. The molecule has 0 amide bonds. The van der Waals surface area contributed by atoms with E-state index in [2.05, 4.69) is 10.3 Å². The minimum absolute atomic E-state index is 0.00745. The first kappa shape index (κ1) is 15.0. The third kappa shape index (κ3) is 5.41. The highest BCUT2D eigenvalue weighted by molar-refractivity contribution is 5.87. The van der Waals surface area contributed by atoms with Gasteiger partial charge in [-0.15, -0.1) is 0 Å². The maximum Gasteiger partial charge on any atom is 0.360 e. The van der Waals surface area contributed by atoms with E-state index in [0.29, 0.717) is 12.8 Å². The molecule has 1 aromatic heterocycles. The van der Waals surface area contributed by atoms with E-state index in [1.165, 1.54) is 6.26 Å². The number of hydrogen-bond acceptors (Lipinski definition) is 6. The first-order chi connectivity index (χ1) is 9.02. The van der Waals surface area contributed by atoms with Gasteiger partial charge in [0.1, 0.15) is 6.26 Å². The zero-order valence-corrected chi connectivity index (χ0v) is 11.0. The fraction of sp³-hybridized carbons (Fsp3) is 0.583. The van der Waals surface area contributed by atoms with Crippen LogP contribution in [0.25, 0.3) is 0 Å². The molecule has 0 bridgehead atoms. The number of rotatable bonds is 8. The number of carbonyl (C=O) groups excluding carboxylic acids is 1. The molecule has 1 unspecified atom stereocenters. The summed E-state index contributed by atoms with van der Waals surface area (Å²) < 4.78 is 9.87. The predicted molar refractivity (Wildman–Crippen MR) is 67.0 cm³/mol. The maximum absolute atomic E-state index is 11.4. The van der Waals surface area contributed by atoms with Crippen molar-refractivity contribution in [3.8, 4) is 0 Å². The van der Waals surface area contributed by atoms with Crippen molar-refractivity contribution in [3.05, 3.63) is 12.0 Å². The molecule has 1 heterocycles. The highest BCUT2D eigenvalue weighted by Crippen LogP contribution is 2.12. The monoisotopic (exact) mass is 270 g/mol. The maximum atomic E-state index is 11.4. The minimum Gasteiger partial charge on any atom is -0.481 e. The number of nitrogens with one attached hydrogen (secondary N) is 1. The van der Waals surface area contributed by atoms with Crippen LogP contribution in [0.15, 0.2) is 10.7 Å². The molecule has 0 aliphatic rings. The first-order valence-corrected chi connectivity index (χ1v) is 6.14. The van der Waals surface area contributed by atoms with E-state index < -0.39 is 11.9 Å². The van der Waals surface area contributed by atoms with E-state index in [1.54, 1.807) is 6.92 Å². The molecular weight excluding hydrogens is 252 g/mol. The van der Waals surface area contributed by atoms with Crippen molar-refractivity contribution >= 4 is 18.0 Å². The van der Waals surface area contributed by atoms with Crippen LogP contribution in [0.5, 0.6) is 0 Å². The van der Waals surface area contributed by atoms with E-state index in [4.69, 9.17) is 14.3 Å². The fourth-order valence-corrected chi connectivity index (χ4v) is 1.48. The van der Waals surface area contributed by atoms with Crippen molar-refractivity contribution in [2.24, 2.45) is 0 Å². The summed E-state index contributed by atoms with van der Waals surface area (Å²) in [5.41, 5.74) is 0.113. The normalized spacial score (nSPS) is 11.9. The summed E-state index contributed by atoms with van der Waals surface area (Å²) in [6.45, 7) is 3.87. The van der Waals surface area contributed by atoms with Crippen molar-refractivity contribution in [3.63, 3.8) is 0 Å². The van der Waals surface area contributed by atoms with E-state index in [-0.39, 0.29) is 30.8 Å². The predicted octanol–water partition coefficient (Wildman–Crippen LogP) is 1.91. The minimum atomic E-state index is -0.812. The standard InChI is InChI=1S/C12H18N2O5/c1-3-18-11(17)9-7-19-12(14-9)13-8(2)5-4-6-10(15)16/h7-8H,3-6H2,1-2H3,(H,13,14)(H,15,16). The Balaban J connectivity index is 2.40. The first-order valence-electron chi connectivity index (χ1n) is 6.14. The second-order valence-electron chi connectivity index (χ2n) is 4.09. The lowest BCUT2D eigenvalue weighted by molar-refractivity contribution is -0.137. The molecule has 7 nitrogen and oxygen atoms in total. The van der Waals surface area contributed by atoms with Gasteiger partial charge in [0.05, 0.1) is 6.61 Å². The van der Waals surface area contributed by atoms with Gasteiger partial charge in [-0.1, -0.05) is 0 Å². The van der Waals surface area contributed by atoms with Crippen LogP contribution in [-0.2, 0) is 9.53 Å². The number of carboxylic acid groups (broad SMARTS) is 1. The van der Waals surface area contributed by atoms with Crippen LogP contribution in [0.2, 0.25) is 0 Å². The zero-order valence-electron chi connectivity index (χ0n) is 11.0. The molecule has 1 atom stereocenters. The average Bonchev–Trinajstić information content (AvgIpc) is 2.77. The van der Waals surface area contributed by atoms with Crippen LogP contribution in [0.4, 0.5) is 6.01 Å². The second kappa shape index (κ2) is 7.40. The Kier molecular flexibility index (Phi) is 5.84. The lowest BCUT2D eigenvalue weighted by atomic mass is 10.1. The van der Waals surface area contributed by atoms with Gasteiger partial charge in [0.2, 0.25) is 0 Å². The SMILES string of the molecule is CCOC(=O)c1coc(NC(C)CCCC(=O)O)n1. The number of nitrogens with zero attached hydrogens (tertiary/aromatic N) is 1. The van der Waals surface area contributed by atoms with Crippen LogP contribution in [0, 0.1) is 0 Å². The Morgan fingerprint density at radius 3 is 2.95 bits per heavy atom. The Hall–Kier alpha value is -2.05. The lowest BCUT2D eigenvalue weighted by Crippen LogP contribution is -2.16. The van der Waals surface area contributed by atoms with Crippen LogP contribution in [-0.4, -0.2) is 34.7 Å². The summed E-state index contributed by atoms with van der Waals surface area (Å²) in [6, 6.07) is 0.235. The summed E-state index contributed by atoms with van der Waals surface area (Å²) in [7, 11) is 0. The molecule has 19 heavy (non-hydrogen) atoms. The molecule has 0 spiro atoms. The van der Waals surface area contributed by atoms with E-state index in [0.717, 1.165) is 0 Å². The Bertz CT molecular complexity index is 430. The molecule has 1 aromatic rings. The van der Waals surface area contributed by atoms with Crippen LogP contribution in [0.1, 0.15) is 43.6 Å². The van der Waals surface area contributed by atoms with Crippen molar-refractivity contribution in [1.29, 1.82) is 0 Å². The number of aromatic nitrogens is 1. The highest BCUT2D eigenvalue weighted by Gasteiger charge is 2.14. The fourth-order valence-electron chi connectivity index (χ4n) is 1.48. The molecule has 0 aliphatic heterocycles. The number of anilines is 1. The van der Waals surface area contributed by atoms with Crippen molar-refractivity contribution in [2.75, 3.05) is 11.9 Å². The van der Waals surface area contributed by atoms with Gasteiger partial charge < -0.3 is 19.6 Å². The summed E-state index contributed by atoms with van der Waals surface area (Å²) in [6.07, 6.45) is 2.59. The molecule has 0 saturated carbocycles. The quantitative estimate of drug-likeness (QED) is 0.695. The lowest BCUT2D eigenvalue weighted by Gasteiger charge is -2.10. The Morgan fingerprint density at radius 2 is 2.32 bits per heavy atom. The van der Waals surface area contributed by atoms with Crippen LogP contribution < -0.4 is 5.32 Å². The Labute approximate surface area is 111 Å². The smallest absolute Gasteiger partial charge is 0.360 e. The molecule has 1 rings (SSSR count). The molecule has 0 fully saturated rings. The van der Waals surface area contributed by atoms with E-state index in [9.17, 15) is 9.59 Å². The van der Waals surface area contributed by atoms with E-state index in [1.807, 2.05) is 6.92 Å². The highest BCUT2D eigenvalue weighted by atomic mass is 16.5. The largest absolute Gasteiger partial charge is 0.481 e. The summed E-state index contributed by atoms with van der Waals surface area (Å²) in [5, 5.41) is 11.5. The number of carboxylic acids is 1. The van der Waals surface area contributed by atoms with Crippen LogP contribution >= 0.6 is 0 Å². The van der Waals surface area contributed by atoms with Crippen molar-refractivity contribution < 1.29 is 23.8 Å². The second-order valence-corrected chi connectivity index (χ2v) is 4.09. The number of hydrogen-bond donors (Lipinski definition) is 2. The van der Waals surface area contributed by atoms with Gasteiger partial charge in [0, 0.05) is 12.5 Å². The van der Waals surface area contributed by atoms with Crippen molar-refractivity contribution in [1.82, 2.24) is 4.98 Å². The molecule has 0 aliphatic carbocycles. The number of oxazole rings is 1. The van der Waals surface area contributed by atoms with Crippen LogP contribution in [0.3, 0.4) is 0 Å². The topological polar surface area (TPSA) is 102 Å². The molecule has 106 valence electrons. The van der Waals surface area contributed by atoms with Gasteiger partial charge in [-0.3, -0.25) is 4.79 Å². The van der Waals surface area contributed by atoms with Gasteiger partial charge in [-0.05, 0) is 26.7 Å². The number of aliphatic carboxylic acids is 1. The molecular formula is C12H18N2O5. The number of carbonyl (C=O) groups is 2. The summed E-state index contributed by atoms with van der Waals surface area (Å²) >= 11 is 0. The average molecular weight is 270 g/mol. The Morgan fingerprint density at radius 1 is 1.58 bits per heavy atom. The van der Waals surface area contributed by atoms with Gasteiger partial charge in [-0.2, -0.15) is 4.98 Å². The molecule has 0 saturated heterocycles. The molecule has 7 heteroatoms. The van der Waals surface area contributed by atoms with Crippen molar-refractivity contribution in [2.45, 2.75) is 39.2 Å².